The van der Waals surface area contributed by atoms with Gasteiger partial charge in [-0.05, 0) is 59.7 Å². The van der Waals surface area contributed by atoms with Crippen LogP contribution in [-0.2, 0) is 28.0 Å². The minimum absolute atomic E-state index is 0.0900. The number of ether oxygens (including phenoxy) is 5. The predicted molar refractivity (Wildman–Crippen MR) is 186 cm³/mol. The summed E-state index contributed by atoms with van der Waals surface area (Å²) in [6.45, 7) is -0.590. The SMILES string of the molecule is O=C(OCC1OC(Oc2ccc(-c3ccccc3)cc2)C(OC(=O)c2ccccc2)C(OP(=O)(O)O)C1OC(=O)c1ccccc1)c1ccccc1. The molecule has 266 valence electrons. The molecular formula is C39H33O12P. The summed E-state index contributed by atoms with van der Waals surface area (Å²) in [6, 6.07) is 40.1. The Balaban J connectivity index is 1.38. The summed E-state index contributed by atoms with van der Waals surface area (Å²) < 4.78 is 47.4. The van der Waals surface area contributed by atoms with Crippen molar-refractivity contribution in [3.8, 4) is 16.9 Å². The monoisotopic (exact) mass is 724 g/mol. The maximum absolute atomic E-state index is 13.5. The summed E-state index contributed by atoms with van der Waals surface area (Å²) in [5.74, 6) is -2.36. The Hall–Kier alpha value is -5.62. The van der Waals surface area contributed by atoms with E-state index in [1.54, 1.807) is 78.9 Å². The molecule has 2 N–H and O–H groups in total. The van der Waals surface area contributed by atoms with Gasteiger partial charge in [-0.2, -0.15) is 0 Å². The number of carbonyl (C=O) groups is 3. The molecule has 0 aromatic heterocycles. The first-order valence-corrected chi connectivity index (χ1v) is 17.6. The van der Waals surface area contributed by atoms with Crippen LogP contribution in [0.2, 0.25) is 0 Å². The lowest BCUT2D eigenvalue weighted by Crippen LogP contribution is -2.63. The molecule has 1 saturated heterocycles. The quantitative estimate of drug-likeness (QED) is 0.0847. The van der Waals surface area contributed by atoms with E-state index in [4.69, 9.17) is 28.2 Å². The van der Waals surface area contributed by atoms with E-state index in [0.29, 0.717) is 0 Å². The first kappa shape index (κ1) is 36.2. The van der Waals surface area contributed by atoms with E-state index < -0.39 is 63.0 Å². The molecule has 6 rings (SSSR count). The van der Waals surface area contributed by atoms with Crippen LogP contribution < -0.4 is 4.74 Å². The van der Waals surface area contributed by atoms with Crippen LogP contribution in [-0.4, -0.2) is 65.0 Å². The number of hydrogen-bond donors (Lipinski definition) is 2. The number of phosphoric acid groups is 1. The molecule has 1 aliphatic heterocycles. The molecule has 1 heterocycles. The largest absolute Gasteiger partial charge is 0.470 e. The van der Waals surface area contributed by atoms with Gasteiger partial charge in [0.1, 0.15) is 18.5 Å². The van der Waals surface area contributed by atoms with Crippen molar-refractivity contribution in [3.63, 3.8) is 0 Å². The first-order valence-electron chi connectivity index (χ1n) is 16.1. The fourth-order valence-corrected chi connectivity index (χ4v) is 6.05. The highest BCUT2D eigenvalue weighted by Gasteiger charge is 2.54. The molecule has 1 fully saturated rings. The van der Waals surface area contributed by atoms with Crippen LogP contribution in [0, 0.1) is 0 Å². The molecule has 0 amide bonds. The van der Waals surface area contributed by atoms with Crippen molar-refractivity contribution in [2.24, 2.45) is 0 Å². The topological polar surface area (TPSA) is 164 Å². The molecule has 13 heteroatoms. The molecule has 1 aliphatic rings. The second kappa shape index (κ2) is 16.6. The van der Waals surface area contributed by atoms with Crippen LogP contribution in [0.4, 0.5) is 0 Å². The maximum Gasteiger partial charge on any atom is 0.470 e. The van der Waals surface area contributed by atoms with Crippen molar-refractivity contribution in [1.82, 2.24) is 0 Å². The molecule has 52 heavy (non-hydrogen) atoms. The van der Waals surface area contributed by atoms with Crippen LogP contribution in [0.15, 0.2) is 146 Å². The number of rotatable bonds is 12. The van der Waals surface area contributed by atoms with Gasteiger partial charge in [-0.1, -0.05) is 97.1 Å². The predicted octanol–water partition coefficient (Wildman–Crippen LogP) is 6.24. The Morgan fingerprint density at radius 3 is 1.50 bits per heavy atom. The fourth-order valence-electron chi connectivity index (χ4n) is 5.49. The van der Waals surface area contributed by atoms with Gasteiger partial charge in [-0.3, -0.25) is 4.52 Å². The Labute approximate surface area is 298 Å². The number of benzene rings is 5. The molecule has 0 spiro atoms. The van der Waals surface area contributed by atoms with E-state index in [1.165, 1.54) is 36.4 Å². The highest BCUT2D eigenvalue weighted by atomic mass is 31.2. The van der Waals surface area contributed by atoms with E-state index in [9.17, 15) is 28.7 Å². The van der Waals surface area contributed by atoms with E-state index in [1.807, 2.05) is 30.3 Å². The van der Waals surface area contributed by atoms with Crippen LogP contribution in [0.1, 0.15) is 31.1 Å². The third kappa shape index (κ3) is 9.38. The summed E-state index contributed by atoms with van der Waals surface area (Å²) >= 11 is 0. The van der Waals surface area contributed by atoms with Gasteiger partial charge in [-0.15, -0.1) is 0 Å². The highest BCUT2D eigenvalue weighted by Crippen LogP contribution is 2.43. The van der Waals surface area contributed by atoms with E-state index in [-0.39, 0.29) is 22.4 Å². The van der Waals surface area contributed by atoms with Crippen molar-refractivity contribution in [2.45, 2.75) is 30.7 Å². The highest BCUT2D eigenvalue weighted by molar-refractivity contribution is 7.46. The van der Waals surface area contributed by atoms with E-state index in [2.05, 4.69) is 0 Å². The Kier molecular flexibility index (Phi) is 11.5. The molecule has 0 bridgehead atoms. The van der Waals surface area contributed by atoms with Gasteiger partial charge in [0.15, 0.2) is 18.3 Å². The normalized spacial score (nSPS) is 19.9. The van der Waals surface area contributed by atoms with Crippen molar-refractivity contribution in [3.05, 3.63) is 162 Å². The van der Waals surface area contributed by atoms with Crippen LogP contribution in [0.25, 0.3) is 11.1 Å². The number of carbonyl (C=O) groups excluding carboxylic acids is 3. The summed E-state index contributed by atoms with van der Waals surface area (Å²) in [5, 5.41) is 0. The standard InChI is InChI=1S/C39H33O12P/c40-36(28-15-7-2-8-16-28)46-25-32-33(49-37(41)29-17-9-3-10-18-29)34(51-52(43,44)45)35(50-38(42)30-19-11-4-12-20-30)39(48-32)47-31-23-21-27(22-24-31)26-13-5-1-6-14-26/h1-24,32-35,39H,25H2,(H2,43,44,45). The average molecular weight is 725 g/mol. The molecule has 0 radical (unpaired) electrons. The van der Waals surface area contributed by atoms with Crippen LogP contribution >= 0.6 is 7.82 Å². The molecule has 5 unspecified atom stereocenters. The van der Waals surface area contributed by atoms with Gasteiger partial charge in [0, 0.05) is 0 Å². The number of phosphoric ester groups is 1. The average Bonchev–Trinajstić information content (AvgIpc) is 3.17. The first-order chi connectivity index (χ1) is 25.1. The molecule has 12 nitrogen and oxygen atoms in total. The second-order valence-electron chi connectivity index (χ2n) is 11.5. The molecule has 0 saturated carbocycles. The third-order valence-electron chi connectivity index (χ3n) is 7.96. The molecule has 5 aromatic carbocycles. The van der Waals surface area contributed by atoms with Crippen LogP contribution in [0.5, 0.6) is 5.75 Å². The number of esters is 3. The Bertz CT molecular complexity index is 1990. The van der Waals surface area contributed by atoms with Gasteiger partial charge in [0.2, 0.25) is 6.29 Å². The zero-order chi connectivity index (χ0) is 36.5. The zero-order valence-corrected chi connectivity index (χ0v) is 28.3. The lowest BCUT2D eigenvalue weighted by Gasteiger charge is -2.44. The second-order valence-corrected chi connectivity index (χ2v) is 12.7. The van der Waals surface area contributed by atoms with Crippen molar-refractivity contribution in [2.75, 3.05) is 6.61 Å². The fraction of sp³-hybridized carbons (Fsp3) is 0.154. The third-order valence-corrected chi connectivity index (χ3v) is 8.48. The Morgan fingerprint density at radius 2 is 1.00 bits per heavy atom. The molecule has 0 aliphatic carbocycles. The minimum atomic E-state index is -5.40. The zero-order valence-electron chi connectivity index (χ0n) is 27.4. The molecular weight excluding hydrogens is 691 g/mol. The number of hydrogen-bond acceptors (Lipinski definition) is 10. The van der Waals surface area contributed by atoms with Gasteiger partial charge >= 0.3 is 25.7 Å². The molecule has 5 atom stereocenters. The van der Waals surface area contributed by atoms with Crippen molar-refractivity contribution in [1.29, 1.82) is 0 Å². The summed E-state index contributed by atoms with van der Waals surface area (Å²) in [6.07, 6.45) is -8.43. The van der Waals surface area contributed by atoms with Gasteiger partial charge in [0.25, 0.3) is 0 Å². The van der Waals surface area contributed by atoms with Crippen molar-refractivity contribution < 1.29 is 56.9 Å². The van der Waals surface area contributed by atoms with Gasteiger partial charge in [-0.25, -0.2) is 18.9 Å². The minimum Gasteiger partial charge on any atom is -0.461 e. The lowest BCUT2D eigenvalue weighted by molar-refractivity contribution is -0.272. The summed E-state index contributed by atoms with van der Waals surface area (Å²) in [4.78, 5) is 60.1. The van der Waals surface area contributed by atoms with Gasteiger partial charge < -0.3 is 33.5 Å². The lowest BCUT2D eigenvalue weighted by atomic mass is 9.98. The van der Waals surface area contributed by atoms with E-state index in [0.717, 1.165) is 11.1 Å². The summed E-state index contributed by atoms with van der Waals surface area (Å²) in [5.41, 5.74) is 2.20. The van der Waals surface area contributed by atoms with Crippen molar-refractivity contribution >= 4 is 25.7 Å². The Morgan fingerprint density at radius 1 is 0.558 bits per heavy atom. The van der Waals surface area contributed by atoms with Gasteiger partial charge in [0.05, 0.1) is 16.7 Å². The van der Waals surface area contributed by atoms with Crippen LogP contribution in [0.3, 0.4) is 0 Å². The maximum atomic E-state index is 13.5. The smallest absolute Gasteiger partial charge is 0.461 e. The summed E-state index contributed by atoms with van der Waals surface area (Å²) in [7, 11) is -5.40. The molecule has 5 aromatic rings. The van der Waals surface area contributed by atoms with E-state index >= 15 is 0 Å².